The van der Waals surface area contributed by atoms with E-state index in [4.69, 9.17) is 5.73 Å². The van der Waals surface area contributed by atoms with Gasteiger partial charge in [-0.15, -0.1) is 12.4 Å². The number of hydrogen-bond acceptors (Lipinski definition) is 1. The van der Waals surface area contributed by atoms with Crippen LogP contribution < -0.4 is 5.73 Å². The van der Waals surface area contributed by atoms with Crippen molar-refractivity contribution >= 4 is 12.4 Å². The topological polar surface area (TPSA) is 26.0 Å². The molecular formula is C8H8ClF4N. The molecule has 1 aromatic rings. The summed E-state index contributed by atoms with van der Waals surface area (Å²) in [5.41, 5.74) is 4.28. The molecule has 1 aromatic carbocycles. The van der Waals surface area contributed by atoms with Crippen molar-refractivity contribution in [1.82, 2.24) is 0 Å². The van der Waals surface area contributed by atoms with Crippen molar-refractivity contribution in [1.29, 1.82) is 0 Å². The molecule has 14 heavy (non-hydrogen) atoms. The van der Waals surface area contributed by atoms with E-state index in [1.165, 1.54) is 12.1 Å². The van der Waals surface area contributed by atoms with E-state index in [1.54, 1.807) is 0 Å². The summed E-state index contributed by atoms with van der Waals surface area (Å²) >= 11 is 0. The number of hydrogen-bond donors (Lipinski definition) is 1. The molecule has 1 atom stereocenters. The molecule has 0 aliphatic rings. The molecule has 0 amide bonds. The quantitative estimate of drug-likeness (QED) is 0.737. The second-order valence-electron chi connectivity index (χ2n) is 2.54. The zero-order valence-electron chi connectivity index (χ0n) is 6.88. The van der Waals surface area contributed by atoms with Crippen molar-refractivity contribution in [2.45, 2.75) is 12.2 Å². The molecule has 80 valence electrons. The first kappa shape index (κ1) is 13.2. The van der Waals surface area contributed by atoms with E-state index >= 15 is 0 Å². The van der Waals surface area contributed by atoms with Crippen molar-refractivity contribution in [3.05, 3.63) is 35.6 Å². The highest BCUT2D eigenvalue weighted by Gasteiger charge is 2.39. The lowest BCUT2D eigenvalue weighted by Crippen LogP contribution is -2.29. The largest absolute Gasteiger partial charge is 0.407 e. The average Bonchev–Trinajstić information content (AvgIpc) is 2.02. The normalized spacial score (nSPS) is 13.2. The lowest BCUT2D eigenvalue weighted by Gasteiger charge is -2.15. The maximum absolute atomic E-state index is 12.8. The fraction of sp³-hybridized carbons (Fsp3) is 0.250. The Kier molecular flexibility index (Phi) is 4.35. The Bertz CT molecular complexity index is 300. The lowest BCUT2D eigenvalue weighted by molar-refractivity contribution is -0.149. The van der Waals surface area contributed by atoms with Crippen LogP contribution in [-0.4, -0.2) is 6.18 Å². The number of alkyl halides is 3. The molecule has 0 spiro atoms. The van der Waals surface area contributed by atoms with Crippen molar-refractivity contribution in [3.8, 4) is 0 Å². The summed E-state index contributed by atoms with van der Waals surface area (Å²) in [6.07, 6.45) is -4.61. The van der Waals surface area contributed by atoms with E-state index < -0.39 is 23.6 Å². The highest BCUT2D eigenvalue weighted by molar-refractivity contribution is 5.85. The van der Waals surface area contributed by atoms with Crippen LogP contribution in [0.25, 0.3) is 0 Å². The first-order chi connectivity index (χ1) is 5.93. The Labute approximate surface area is 84.3 Å². The van der Waals surface area contributed by atoms with Crippen LogP contribution in [0.5, 0.6) is 0 Å². The van der Waals surface area contributed by atoms with Crippen LogP contribution in [0, 0.1) is 5.82 Å². The van der Waals surface area contributed by atoms with Gasteiger partial charge in [-0.1, -0.05) is 18.2 Å². The molecule has 0 fully saturated rings. The van der Waals surface area contributed by atoms with Gasteiger partial charge in [0.05, 0.1) is 0 Å². The maximum atomic E-state index is 12.8. The Hall–Kier alpha value is -0.810. The first-order valence-electron chi connectivity index (χ1n) is 3.49. The lowest BCUT2D eigenvalue weighted by atomic mass is 10.1. The monoisotopic (exact) mass is 229 g/mol. The number of nitrogens with two attached hydrogens (primary N) is 1. The zero-order chi connectivity index (χ0) is 10.1. The van der Waals surface area contributed by atoms with Crippen molar-refractivity contribution < 1.29 is 17.6 Å². The van der Waals surface area contributed by atoms with Crippen molar-refractivity contribution in [3.63, 3.8) is 0 Å². The summed E-state index contributed by atoms with van der Waals surface area (Å²) in [4.78, 5) is 0. The van der Waals surface area contributed by atoms with E-state index in [0.717, 1.165) is 12.1 Å². The van der Waals surface area contributed by atoms with Gasteiger partial charge in [-0.25, -0.2) is 4.39 Å². The van der Waals surface area contributed by atoms with E-state index in [2.05, 4.69) is 0 Å². The molecule has 0 saturated carbocycles. The third-order valence-corrected chi connectivity index (χ3v) is 1.59. The number of halogens is 5. The van der Waals surface area contributed by atoms with Gasteiger partial charge < -0.3 is 5.73 Å². The van der Waals surface area contributed by atoms with Gasteiger partial charge in [0, 0.05) is 5.56 Å². The number of rotatable bonds is 1. The molecule has 0 heterocycles. The predicted molar refractivity (Wildman–Crippen MR) is 46.6 cm³/mol. The summed E-state index contributed by atoms with van der Waals surface area (Å²) in [7, 11) is 0. The zero-order valence-corrected chi connectivity index (χ0v) is 7.70. The molecule has 0 aromatic heterocycles. The highest BCUT2D eigenvalue weighted by Crippen LogP contribution is 2.31. The van der Waals surface area contributed by atoms with E-state index in [9.17, 15) is 17.6 Å². The molecule has 0 aliphatic heterocycles. The molecule has 2 N–H and O–H groups in total. The minimum absolute atomic E-state index is 0. The van der Waals surface area contributed by atoms with Crippen LogP contribution in [0.3, 0.4) is 0 Å². The maximum Gasteiger partial charge on any atom is 0.407 e. The third kappa shape index (κ3) is 2.85. The predicted octanol–water partition coefficient (Wildman–Crippen LogP) is 2.81. The Morgan fingerprint density at radius 2 is 1.64 bits per heavy atom. The smallest absolute Gasteiger partial charge is 0.316 e. The van der Waals surface area contributed by atoms with Crippen molar-refractivity contribution in [2.24, 2.45) is 5.73 Å². The van der Waals surface area contributed by atoms with Gasteiger partial charge >= 0.3 is 6.18 Å². The second kappa shape index (κ2) is 4.61. The minimum Gasteiger partial charge on any atom is -0.316 e. The fourth-order valence-electron chi connectivity index (χ4n) is 0.904. The molecule has 0 bridgehead atoms. The number of benzene rings is 1. The molecule has 0 radical (unpaired) electrons. The Morgan fingerprint density at radius 3 is 2.07 bits per heavy atom. The molecule has 1 nitrogen and oxygen atoms in total. The van der Waals surface area contributed by atoms with Gasteiger partial charge in [0.1, 0.15) is 11.9 Å². The van der Waals surface area contributed by atoms with Crippen LogP contribution in [0.1, 0.15) is 11.6 Å². The summed E-state index contributed by atoms with van der Waals surface area (Å²) in [6, 6.07) is 2.33. The van der Waals surface area contributed by atoms with Crippen LogP contribution in [0.4, 0.5) is 17.6 Å². The summed E-state index contributed by atoms with van der Waals surface area (Å²) in [5.74, 6) is -0.938. The van der Waals surface area contributed by atoms with E-state index in [1.807, 2.05) is 0 Å². The minimum atomic E-state index is -4.61. The molecular weight excluding hydrogens is 222 g/mol. The molecule has 6 heteroatoms. The van der Waals surface area contributed by atoms with Gasteiger partial charge in [0.25, 0.3) is 0 Å². The SMILES string of the molecule is Cl.NC(c1ccccc1F)C(F)(F)F. The third-order valence-electron chi connectivity index (χ3n) is 1.59. The fourth-order valence-corrected chi connectivity index (χ4v) is 0.904. The summed E-state index contributed by atoms with van der Waals surface area (Å²) in [5, 5.41) is 0. The van der Waals surface area contributed by atoms with Crippen LogP contribution in [-0.2, 0) is 0 Å². The Balaban J connectivity index is 0.00000169. The summed E-state index contributed by atoms with van der Waals surface area (Å²) in [6.45, 7) is 0. The van der Waals surface area contributed by atoms with Gasteiger partial charge in [-0.2, -0.15) is 13.2 Å². The van der Waals surface area contributed by atoms with Crippen LogP contribution >= 0.6 is 12.4 Å². The van der Waals surface area contributed by atoms with Gasteiger partial charge in [-0.3, -0.25) is 0 Å². The molecule has 1 rings (SSSR count). The Morgan fingerprint density at radius 1 is 1.14 bits per heavy atom. The van der Waals surface area contributed by atoms with Crippen LogP contribution in [0.15, 0.2) is 24.3 Å². The van der Waals surface area contributed by atoms with Gasteiger partial charge in [0.15, 0.2) is 0 Å². The standard InChI is InChI=1S/C8H7F4N.ClH/c9-6-4-2-1-3-5(6)7(13)8(10,11)12;/h1-4,7H,13H2;1H. The van der Waals surface area contributed by atoms with Gasteiger partial charge in [0.2, 0.25) is 0 Å². The highest BCUT2D eigenvalue weighted by atomic mass is 35.5. The second-order valence-corrected chi connectivity index (χ2v) is 2.54. The van der Waals surface area contributed by atoms with E-state index in [0.29, 0.717) is 0 Å². The summed E-state index contributed by atoms with van der Waals surface area (Å²) < 4.78 is 48.9. The molecule has 0 saturated heterocycles. The van der Waals surface area contributed by atoms with Gasteiger partial charge in [-0.05, 0) is 6.07 Å². The van der Waals surface area contributed by atoms with Crippen LogP contribution in [0.2, 0.25) is 0 Å². The van der Waals surface area contributed by atoms with E-state index in [-0.39, 0.29) is 12.4 Å². The molecule has 0 aliphatic carbocycles. The average molecular weight is 230 g/mol. The van der Waals surface area contributed by atoms with Crippen molar-refractivity contribution in [2.75, 3.05) is 0 Å². The molecule has 1 unspecified atom stereocenters. The first-order valence-corrected chi connectivity index (χ1v) is 3.49.